The van der Waals surface area contributed by atoms with Gasteiger partial charge in [-0.15, -0.1) is 0 Å². The molecule has 0 amide bonds. The van der Waals surface area contributed by atoms with E-state index in [1.54, 1.807) is 30.3 Å². The normalized spacial score (nSPS) is 10.2. The molecule has 2 aromatic carbocycles. The van der Waals surface area contributed by atoms with E-state index in [2.05, 4.69) is 5.32 Å². The van der Waals surface area contributed by atoms with Crippen LogP contribution in [0.4, 0.5) is 25.8 Å². The number of hydrogen-bond acceptors (Lipinski definition) is 3. The highest BCUT2D eigenvalue weighted by Crippen LogP contribution is 2.31. The van der Waals surface area contributed by atoms with Crippen LogP contribution in [-0.2, 0) is 0 Å². The lowest BCUT2D eigenvalue weighted by atomic mass is 10.1. The van der Waals surface area contributed by atoms with Crippen LogP contribution in [0.3, 0.4) is 0 Å². The van der Waals surface area contributed by atoms with E-state index in [1.165, 1.54) is 12.1 Å². The molecule has 19 heavy (non-hydrogen) atoms. The maximum absolute atomic E-state index is 12.9. The Kier molecular flexibility index (Phi) is 3.62. The van der Waals surface area contributed by atoms with Crippen molar-refractivity contribution >= 4 is 17.1 Å². The fourth-order valence-corrected chi connectivity index (χ4v) is 1.70. The van der Waals surface area contributed by atoms with Gasteiger partial charge in [0.25, 0.3) is 6.43 Å². The number of nitrogens with two attached hydrogens (primary N) is 1. The van der Waals surface area contributed by atoms with Crippen LogP contribution in [-0.4, -0.2) is 0 Å². The number of nitriles is 1. The lowest BCUT2D eigenvalue weighted by Crippen LogP contribution is -1.98. The Morgan fingerprint density at radius 2 is 1.95 bits per heavy atom. The van der Waals surface area contributed by atoms with Crippen molar-refractivity contribution in [1.29, 1.82) is 5.26 Å². The molecule has 0 unspecified atom stereocenters. The predicted octanol–water partition coefficient (Wildman–Crippen LogP) is 3.82. The van der Waals surface area contributed by atoms with Gasteiger partial charge in [0, 0.05) is 22.6 Å². The van der Waals surface area contributed by atoms with Crippen molar-refractivity contribution in [2.45, 2.75) is 6.43 Å². The largest absolute Gasteiger partial charge is 0.399 e. The first kappa shape index (κ1) is 12.8. The second-order valence-electron chi connectivity index (χ2n) is 3.96. The number of alkyl halides is 2. The van der Waals surface area contributed by atoms with Gasteiger partial charge < -0.3 is 11.1 Å². The van der Waals surface area contributed by atoms with Gasteiger partial charge in [0.05, 0.1) is 11.6 Å². The van der Waals surface area contributed by atoms with Crippen LogP contribution in [0.15, 0.2) is 42.5 Å². The minimum absolute atomic E-state index is 0.164. The van der Waals surface area contributed by atoms with Gasteiger partial charge in [-0.2, -0.15) is 5.26 Å². The molecule has 0 spiro atoms. The highest BCUT2D eigenvalue weighted by Gasteiger charge is 2.13. The van der Waals surface area contributed by atoms with Crippen molar-refractivity contribution in [3.05, 3.63) is 53.6 Å². The van der Waals surface area contributed by atoms with Gasteiger partial charge in [-0.3, -0.25) is 0 Å². The molecular formula is C14H11F2N3. The average Bonchev–Trinajstić information content (AvgIpc) is 2.41. The van der Waals surface area contributed by atoms with Crippen molar-refractivity contribution in [1.82, 2.24) is 0 Å². The third-order valence-corrected chi connectivity index (χ3v) is 2.58. The van der Waals surface area contributed by atoms with Gasteiger partial charge in [0.15, 0.2) is 0 Å². The van der Waals surface area contributed by atoms with Crippen LogP contribution in [0.5, 0.6) is 0 Å². The summed E-state index contributed by atoms with van der Waals surface area (Å²) in [5.74, 6) is 0. The maximum atomic E-state index is 12.9. The van der Waals surface area contributed by atoms with Crippen molar-refractivity contribution < 1.29 is 8.78 Å². The summed E-state index contributed by atoms with van der Waals surface area (Å²) in [6.07, 6.45) is -2.62. The predicted molar refractivity (Wildman–Crippen MR) is 70.3 cm³/mol. The summed E-state index contributed by atoms with van der Waals surface area (Å²) in [6.45, 7) is 0. The minimum atomic E-state index is -2.62. The Labute approximate surface area is 109 Å². The fourth-order valence-electron chi connectivity index (χ4n) is 1.70. The highest BCUT2D eigenvalue weighted by molar-refractivity contribution is 5.67. The van der Waals surface area contributed by atoms with Crippen LogP contribution >= 0.6 is 0 Å². The summed E-state index contributed by atoms with van der Waals surface area (Å²) in [4.78, 5) is 0. The monoisotopic (exact) mass is 259 g/mol. The molecule has 0 saturated carbocycles. The van der Waals surface area contributed by atoms with Crippen LogP contribution in [0.2, 0.25) is 0 Å². The molecular weight excluding hydrogens is 248 g/mol. The van der Waals surface area contributed by atoms with E-state index in [9.17, 15) is 8.78 Å². The fraction of sp³-hybridized carbons (Fsp3) is 0.0714. The Bertz CT molecular complexity index is 633. The van der Waals surface area contributed by atoms with Gasteiger partial charge in [0.1, 0.15) is 0 Å². The van der Waals surface area contributed by atoms with Crippen LogP contribution in [0.25, 0.3) is 0 Å². The molecule has 2 aromatic rings. The Morgan fingerprint density at radius 3 is 2.63 bits per heavy atom. The molecule has 0 fully saturated rings. The molecule has 0 aliphatic heterocycles. The summed E-state index contributed by atoms with van der Waals surface area (Å²) in [7, 11) is 0. The van der Waals surface area contributed by atoms with Crippen molar-refractivity contribution in [2.75, 3.05) is 11.1 Å². The quantitative estimate of drug-likeness (QED) is 0.823. The molecule has 0 radical (unpaired) electrons. The first-order chi connectivity index (χ1) is 9.10. The summed E-state index contributed by atoms with van der Waals surface area (Å²) in [5, 5.41) is 11.7. The van der Waals surface area contributed by atoms with E-state index in [0.29, 0.717) is 11.3 Å². The van der Waals surface area contributed by atoms with Crippen molar-refractivity contribution in [2.24, 2.45) is 0 Å². The van der Waals surface area contributed by atoms with Crippen molar-refractivity contribution in [3.8, 4) is 6.07 Å². The second kappa shape index (κ2) is 5.36. The molecule has 0 aliphatic rings. The average molecular weight is 259 g/mol. The molecule has 0 heterocycles. The van der Waals surface area contributed by atoms with Crippen molar-refractivity contribution in [3.63, 3.8) is 0 Å². The van der Waals surface area contributed by atoms with E-state index in [0.717, 1.165) is 0 Å². The maximum Gasteiger partial charge on any atom is 0.265 e. The van der Waals surface area contributed by atoms with Gasteiger partial charge in [0.2, 0.25) is 0 Å². The number of rotatable bonds is 3. The number of hydrogen-bond donors (Lipinski definition) is 2. The lowest BCUT2D eigenvalue weighted by Gasteiger charge is -2.12. The van der Waals surface area contributed by atoms with Crippen LogP contribution in [0.1, 0.15) is 17.6 Å². The highest BCUT2D eigenvalue weighted by atomic mass is 19.3. The first-order valence-electron chi connectivity index (χ1n) is 5.55. The van der Waals surface area contributed by atoms with E-state index in [-0.39, 0.29) is 16.9 Å². The van der Waals surface area contributed by atoms with Crippen LogP contribution < -0.4 is 11.1 Å². The topological polar surface area (TPSA) is 61.8 Å². The Hall–Kier alpha value is -2.61. The van der Waals surface area contributed by atoms with Gasteiger partial charge >= 0.3 is 0 Å². The third-order valence-electron chi connectivity index (χ3n) is 2.58. The summed E-state index contributed by atoms with van der Waals surface area (Å²) in [6, 6.07) is 12.9. The molecule has 3 nitrogen and oxygen atoms in total. The number of anilines is 3. The van der Waals surface area contributed by atoms with E-state index >= 15 is 0 Å². The zero-order valence-corrected chi connectivity index (χ0v) is 9.90. The first-order valence-corrected chi connectivity index (χ1v) is 5.55. The molecule has 5 heteroatoms. The lowest BCUT2D eigenvalue weighted by molar-refractivity contribution is 0.152. The number of benzene rings is 2. The van der Waals surface area contributed by atoms with E-state index < -0.39 is 6.43 Å². The molecule has 0 atom stereocenters. The summed E-state index contributed by atoms with van der Waals surface area (Å²) in [5.41, 5.74) is 6.93. The third kappa shape index (κ3) is 2.99. The SMILES string of the molecule is N#Cc1cccc(Nc2ccc(N)cc2C(F)F)c1. The zero-order chi connectivity index (χ0) is 13.8. The molecule has 96 valence electrons. The molecule has 3 N–H and O–H groups in total. The summed E-state index contributed by atoms with van der Waals surface area (Å²) >= 11 is 0. The minimum Gasteiger partial charge on any atom is -0.399 e. The molecule has 0 aliphatic carbocycles. The van der Waals surface area contributed by atoms with Gasteiger partial charge in [-0.1, -0.05) is 6.07 Å². The molecule has 0 aromatic heterocycles. The smallest absolute Gasteiger partial charge is 0.265 e. The molecule has 0 saturated heterocycles. The van der Waals surface area contributed by atoms with Crippen LogP contribution in [0, 0.1) is 11.3 Å². The molecule has 0 bridgehead atoms. The Balaban J connectivity index is 2.35. The number of halogens is 2. The summed E-state index contributed by atoms with van der Waals surface area (Å²) < 4.78 is 25.8. The number of nitrogen functional groups attached to an aromatic ring is 1. The van der Waals surface area contributed by atoms with Gasteiger partial charge in [-0.05, 0) is 36.4 Å². The van der Waals surface area contributed by atoms with E-state index in [1.807, 2.05) is 6.07 Å². The van der Waals surface area contributed by atoms with Gasteiger partial charge in [-0.25, -0.2) is 8.78 Å². The number of nitrogens with one attached hydrogen (secondary N) is 1. The number of nitrogens with zero attached hydrogens (tertiary/aromatic N) is 1. The zero-order valence-electron chi connectivity index (χ0n) is 9.90. The molecule has 2 rings (SSSR count). The Morgan fingerprint density at radius 1 is 1.16 bits per heavy atom. The second-order valence-corrected chi connectivity index (χ2v) is 3.96. The van der Waals surface area contributed by atoms with E-state index in [4.69, 9.17) is 11.0 Å². The standard InChI is InChI=1S/C14H11F2N3/c15-14(16)12-7-10(18)4-5-13(12)19-11-3-1-2-9(6-11)8-17/h1-7,14,19H,18H2.